The molecule has 3 N–H and O–H groups in total. The summed E-state index contributed by atoms with van der Waals surface area (Å²) in [5.74, 6) is -0.964. The quantitative estimate of drug-likeness (QED) is 0.0318. The first-order valence-electron chi connectivity index (χ1n) is 18.4. The SMILES string of the molecule is CCCCC(CCCC)(c1cc(CO)c(OCOC)cc1[N+](=O)[O-])[C@](CCCC)(NC(c1ccccc1)(c1ccccc1)c1ccccc1)C(=O)O. The highest BCUT2D eigenvalue weighted by atomic mass is 16.7. The second-order valence-electron chi connectivity index (χ2n) is 13.5. The summed E-state index contributed by atoms with van der Waals surface area (Å²) in [5.41, 5.74) is -1.42. The van der Waals surface area contributed by atoms with Gasteiger partial charge in [0.2, 0.25) is 0 Å². The molecule has 0 aromatic heterocycles. The van der Waals surface area contributed by atoms with Gasteiger partial charge in [-0.2, -0.15) is 0 Å². The molecule has 0 spiro atoms. The van der Waals surface area contributed by atoms with Crippen molar-refractivity contribution < 1.29 is 29.4 Å². The summed E-state index contributed by atoms with van der Waals surface area (Å²) < 4.78 is 10.8. The fraction of sp³-hybridized carbons (Fsp3) is 0.419. The number of unbranched alkanes of at least 4 members (excludes halogenated alkanes) is 3. The highest BCUT2D eigenvalue weighted by Crippen LogP contribution is 2.54. The fourth-order valence-electron chi connectivity index (χ4n) is 7.87. The average Bonchev–Trinajstić information content (AvgIpc) is 3.18. The Hall–Kier alpha value is -4.57. The van der Waals surface area contributed by atoms with E-state index in [2.05, 4.69) is 5.32 Å². The Bertz CT molecular complexity index is 1610. The smallest absolute Gasteiger partial charge is 0.324 e. The van der Waals surface area contributed by atoms with Crippen molar-refractivity contribution in [2.45, 2.75) is 102 Å². The maximum Gasteiger partial charge on any atom is 0.324 e. The molecular formula is C43H54N2O7. The monoisotopic (exact) mass is 710 g/mol. The number of hydrogen-bond acceptors (Lipinski definition) is 7. The first kappa shape index (κ1) is 40.2. The summed E-state index contributed by atoms with van der Waals surface area (Å²) >= 11 is 0. The van der Waals surface area contributed by atoms with Crippen molar-refractivity contribution in [2.24, 2.45) is 0 Å². The Kier molecular flexibility index (Phi) is 14.5. The van der Waals surface area contributed by atoms with Crippen molar-refractivity contribution in [1.82, 2.24) is 5.32 Å². The summed E-state index contributed by atoms with van der Waals surface area (Å²) in [6, 6.07) is 32.5. The van der Waals surface area contributed by atoms with Crippen molar-refractivity contribution in [2.75, 3.05) is 13.9 Å². The first-order valence-corrected chi connectivity index (χ1v) is 18.4. The zero-order chi connectivity index (χ0) is 37.6. The van der Waals surface area contributed by atoms with Gasteiger partial charge in [0.1, 0.15) is 11.3 Å². The second-order valence-corrected chi connectivity index (χ2v) is 13.5. The number of nitro groups is 1. The number of nitrogens with zero attached hydrogens (tertiary/aromatic N) is 1. The molecular weight excluding hydrogens is 656 g/mol. The Morgan fingerprint density at radius 2 is 1.23 bits per heavy atom. The van der Waals surface area contributed by atoms with Crippen LogP contribution < -0.4 is 10.1 Å². The molecule has 0 radical (unpaired) electrons. The van der Waals surface area contributed by atoms with E-state index in [1.807, 2.05) is 112 Å². The van der Waals surface area contributed by atoms with Crippen LogP contribution >= 0.6 is 0 Å². The van der Waals surface area contributed by atoms with Crippen LogP contribution in [0.15, 0.2) is 103 Å². The third-order valence-electron chi connectivity index (χ3n) is 10.4. The summed E-state index contributed by atoms with van der Waals surface area (Å²) in [4.78, 5) is 27.5. The summed E-state index contributed by atoms with van der Waals surface area (Å²) in [6.07, 6.45) is 4.87. The van der Waals surface area contributed by atoms with E-state index >= 15 is 0 Å². The Morgan fingerprint density at radius 1 is 0.769 bits per heavy atom. The molecule has 0 saturated heterocycles. The van der Waals surface area contributed by atoms with Gasteiger partial charge in [-0.05, 0) is 42.0 Å². The predicted octanol–water partition coefficient (Wildman–Crippen LogP) is 9.28. The lowest BCUT2D eigenvalue weighted by Crippen LogP contribution is -2.71. The molecule has 52 heavy (non-hydrogen) atoms. The van der Waals surface area contributed by atoms with Crippen LogP contribution in [0.4, 0.5) is 5.69 Å². The Morgan fingerprint density at radius 3 is 1.62 bits per heavy atom. The molecule has 0 heterocycles. The number of hydrogen-bond donors (Lipinski definition) is 3. The van der Waals surface area contributed by atoms with Crippen LogP contribution in [-0.2, 0) is 27.1 Å². The number of rotatable bonds is 22. The molecule has 0 aliphatic heterocycles. The first-order chi connectivity index (χ1) is 25.2. The lowest BCUT2D eigenvalue weighted by Gasteiger charge is -2.54. The topological polar surface area (TPSA) is 131 Å². The van der Waals surface area contributed by atoms with Crippen LogP contribution in [0.3, 0.4) is 0 Å². The van der Waals surface area contributed by atoms with Crippen LogP contribution in [0.1, 0.15) is 106 Å². The molecule has 0 fully saturated rings. The largest absolute Gasteiger partial charge is 0.480 e. The van der Waals surface area contributed by atoms with E-state index in [1.165, 1.54) is 13.2 Å². The predicted molar refractivity (Wildman–Crippen MR) is 204 cm³/mol. The lowest BCUT2D eigenvalue weighted by atomic mass is 9.56. The molecule has 1 atom stereocenters. The maximum absolute atomic E-state index is 14.8. The number of carboxylic acid groups (broad SMARTS) is 1. The minimum absolute atomic E-state index is 0.120. The van der Waals surface area contributed by atoms with Gasteiger partial charge in [0.25, 0.3) is 5.69 Å². The molecule has 9 heteroatoms. The highest BCUT2D eigenvalue weighted by molar-refractivity contribution is 5.83. The lowest BCUT2D eigenvalue weighted by molar-refractivity contribution is -0.386. The standard InChI is InChI=1S/C43H54N2O7/c1-5-8-26-41(27-9-6-2,37-29-33(31-46)39(52-32-51-4)30-38(37)45(49)50)42(40(47)48,28-10-7-3)44-43(34-20-14-11-15-21-34,35-22-16-12-17-23-35)36-24-18-13-19-25-36/h11-25,29-30,44,46H,5-10,26-28,31-32H2,1-4H3,(H,47,48)/t42-/m1/s1. The van der Waals surface area contributed by atoms with E-state index in [1.54, 1.807) is 6.07 Å². The number of aliphatic hydroxyl groups excluding tert-OH is 1. The van der Waals surface area contributed by atoms with Crippen LogP contribution in [0.5, 0.6) is 5.75 Å². The third kappa shape index (κ3) is 8.07. The summed E-state index contributed by atoms with van der Waals surface area (Å²) in [6.45, 7) is 5.48. The number of benzene rings is 4. The van der Waals surface area contributed by atoms with Crippen LogP contribution in [0.2, 0.25) is 0 Å². The van der Waals surface area contributed by atoms with Gasteiger partial charge >= 0.3 is 5.97 Å². The number of methoxy groups -OCH3 is 1. The number of nitrogens with one attached hydrogen (secondary N) is 1. The number of ether oxygens (including phenoxy) is 2. The number of carboxylic acids is 1. The van der Waals surface area contributed by atoms with E-state index in [4.69, 9.17) is 9.47 Å². The molecule has 0 saturated carbocycles. The number of carbonyl (C=O) groups is 1. The molecule has 0 bridgehead atoms. The van der Waals surface area contributed by atoms with Crippen molar-refractivity contribution in [3.05, 3.63) is 141 Å². The fourth-order valence-corrected chi connectivity index (χ4v) is 7.87. The highest BCUT2D eigenvalue weighted by Gasteiger charge is 2.61. The molecule has 0 unspecified atom stereocenters. The van der Waals surface area contributed by atoms with Gasteiger partial charge in [0.05, 0.1) is 23.1 Å². The van der Waals surface area contributed by atoms with Gasteiger partial charge in [-0.25, -0.2) is 0 Å². The number of aliphatic hydroxyl groups is 1. The molecule has 0 amide bonds. The van der Waals surface area contributed by atoms with Gasteiger partial charge < -0.3 is 19.7 Å². The van der Waals surface area contributed by atoms with Gasteiger partial charge in [0.15, 0.2) is 6.79 Å². The summed E-state index contributed by atoms with van der Waals surface area (Å²) in [5, 5.41) is 39.8. The Balaban J connectivity index is 2.26. The zero-order valence-corrected chi connectivity index (χ0v) is 31.0. The molecule has 0 aliphatic carbocycles. The van der Waals surface area contributed by atoms with E-state index in [0.29, 0.717) is 44.1 Å². The van der Waals surface area contributed by atoms with Crippen molar-refractivity contribution >= 4 is 11.7 Å². The van der Waals surface area contributed by atoms with Gasteiger partial charge in [-0.3, -0.25) is 20.2 Å². The molecule has 278 valence electrons. The van der Waals surface area contributed by atoms with E-state index in [-0.39, 0.29) is 30.2 Å². The van der Waals surface area contributed by atoms with Crippen molar-refractivity contribution in [3.63, 3.8) is 0 Å². The van der Waals surface area contributed by atoms with Crippen molar-refractivity contribution in [3.8, 4) is 5.75 Å². The van der Waals surface area contributed by atoms with Gasteiger partial charge in [-0.1, -0.05) is 150 Å². The minimum Gasteiger partial charge on any atom is -0.480 e. The second kappa shape index (κ2) is 18.8. The van der Waals surface area contributed by atoms with Crippen LogP contribution in [0.25, 0.3) is 0 Å². The van der Waals surface area contributed by atoms with Crippen molar-refractivity contribution in [1.29, 1.82) is 0 Å². The van der Waals surface area contributed by atoms with Crippen LogP contribution in [-0.4, -0.2) is 40.5 Å². The molecule has 0 aliphatic rings. The zero-order valence-electron chi connectivity index (χ0n) is 31.0. The van der Waals surface area contributed by atoms with Crippen LogP contribution in [0, 0.1) is 10.1 Å². The number of nitro benzene ring substituents is 1. The van der Waals surface area contributed by atoms with E-state index in [0.717, 1.165) is 29.5 Å². The summed E-state index contributed by atoms with van der Waals surface area (Å²) in [7, 11) is 1.45. The molecule has 4 rings (SSSR count). The molecule has 4 aromatic rings. The average molecular weight is 711 g/mol. The van der Waals surface area contributed by atoms with Gasteiger partial charge in [0, 0.05) is 23.7 Å². The molecule has 4 aromatic carbocycles. The van der Waals surface area contributed by atoms with E-state index < -0.39 is 34.0 Å². The molecule has 9 nitrogen and oxygen atoms in total. The Labute approximate surface area is 308 Å². The number of aliphatic carboxylic acids is 1. The normalized spacial score (nSPS) is 13.0. The third-order valence-corrected chi connectivity index (χ3v) is 10.4. The maximum atomic E-state index is 14.8. The van der Waals surface area contributed by atoms with E-state index in [9.17, 15) is 25.1 Å². The van der Waals surface area contributed by atoms with Gasteiger partial charge in [-0.15, -0.1) is 0 Å². The minimum atomic E-state index is -1.76.